The number of hydrogen-bond donors (Lipinski definition) is 1. The molecule has 0 radical (unpaired) electrons. The van der Waals surface area contributed by atoms with E-state index in [2.05, 4.69) is 67.7 Å². The van der Waals surface area contributed by atoms with Gasteiger partial charge >= 0.3 is 5.97 Å². The molecule has 0 aromatic rings. The number of hydrogen-bond acceptors (Lipinski definition) is 3. The summed E-state index contributed by atoms with van der Waals surface area (Å²) < 4.78 is 23.4. The molecule has 0 saturated heterocycles. The van der Waals surface area contributed by atoms with Crippen LogP contribution in [0.25, 0.3) is 0 Å². The Bertz CT molecular complexity index is 721. The zero-order chi connectivity index (χ0) is 23.4. The summed E-state index contributed by atoms with van der Waals surface area (Å²) in [6, 6.07) is 0. The second kappa shape index (κ2) is 17.8. The third-order valence-corrected chi connectivity index (χ3v) is 8.09. The molecule has 0 aromatic carbocycles. The molecule has 5 heteroatoms. The zero-order valence-electron chi connectivity index (χ0n) is 19.6. The number of aliphatic carboxylic acids is 1. The van der Waals surface area contributed by atoms with Gasteiger partial charge in [-0.05, 0) is 64.2 Å². The van der Waals surface area contributed by atoms with Gasteiger partial charge in [0.05, 0.1) is 5.75 Å². The highest BCUT2D eigenvalue weighted by Gasteiger charge is 2.47. The van der Waals surface area contributed by atoms with Crippen molar-refractivity contribution in [3.8, 4) is 0 Å². The van der Waals surface area contributed by atoms with Gasteiger partial charge in [0, 0.05) is 0 Å². The van der Waals surface area contributed by atoms with E-state index in [9.17, 15) is 18.3 Å². The van der Waals surface area contributed by atoms with Crippen molar-refractivity contribution < 1.29 is 18.3 Å². The number of unbranched alkanes of at least 4 members (excludes halogenated alkanes) is 2. The molecule has 0 aliphatic heterocycles. The van der Waals surface area contributed by atoms with Crippen molar-refractivity contribution in [3.63, 3.8) is 0 Å². The van der Waals surface area contributed by atoms with Crippen LogP contribution >= 0.6 is 0 Å². The van der Waals surface area contributed by atoms with Crippen LogP contribution < -0.4 is 0 Å². The summed E-state index contributed by atoms with van der Waals surface area (Å²) in [6.45, 7) is 5.40. The highest BCUT2D eigenvalue weighted by Crippen LogP contribution is 2.28. The SMILES string of the molecule is CCC=CCC=CCC=CCC=CCC=CCCCCS(=O)(=O)C(CC)(CC)C(=O)O. The quantitative estimate of drug-likeness (QED) is 0.181. The molecule has 0 atom stereocenters. The van der Waals surface area contributed by atoms with E-state index in [0.717, 1.165) is 44.9 Å². The minimum atomic E-state index is -3.65. The molecule has 0 rings (SSSR count). The Labute approximate surface area is 190 Å². The van der Waals surface area contributed by atoms with E-state index in [-0.39, 0.29) is 18.6 Å². The highest BCUT2D eigenvalue weighted by molar-refractivity contribution is 7.93. The van der Waals surface area contributed by atoms with E-state index < -0.39 is 20.6 Å². The lowest BCUT2D eigenvalue weighted by Crippen LogP contribution is -2.46. The normalized spacial score (nSPS) is 13.6. The molecule has 176 valence electrons. The molecule has 0 aliphatic carbocycles. The van der Waals surface area contributed by atoms with Crippen LogP contribution in [0.3, 0.4) is 0 Å². The minimum absolute atomic E-state index is 0.0638. The van der Waals surface area contributed by atoms with E-state index in [0.29, 0.717) is 6.42 Å². The molecule has 0 spiro atoms. The fraction of sp³-hybridized carbons (Fsp3) is 0.577. The van der Waals surface area contributed by atoms with Crippen molar-refractivity contribution in [2.24, 2.45) is 0 Å². The molecule has 0 bridgehead atoms. The van der Waals surface area contributed by atoms with Crippen molar-refractivity contribution in [1.82, 2.24) is 0 Å². The first-order valence-corrected chi connectivity index (χ1v) is 13.2. The average Bonchev–Trinajstić information content (AvgIpc) is 2.73. The maximum Gasteiger partial charge on any atom is 0.325 e. The summed E-state index contributed by atoms with van der Waals surface area (Å²) in [5, 5.41) is 9.40. The summed E-state index contributed by atoms with van der Waals surface area (Å²) in [5.41, 5.74) is 0. The Morgan fingerprint density at radius 3 is 1.52 bits per heavy atom. The van der Waals surface area contributed by atoms with Crippen LogP contribution in [0.15, 0.2) is 60.8 Å². The van der Waals surface area contributed by atoms with Gasteiger partial charge in [0.15, 0.2) is 14.6 Å². The number of rotatable bonds is 18. The van der Waals surface area contributed by atoms with Crippen LogP contribution in [0.5, 0.6) is 0 Å². The maximum absolute atomic E-state index is 12.5. The predicted molar refractivity (Wildman–Crippen MR) is 133 cm³/mol. The average molecular weight is 451 g/mol. The molecule has 0 unspecified atom stereocenters. The van der Waals surface area contributed by atoms with Gasteiger partial charge in [-0.3, -0.25) is 4.79 Å². The monoisotopic (exact) mass is 450 g/mol. The summed E-state index contributed by atoms with van der Waals surface area (Å²) in [6.07, 6.45) is 28.6. The van der Waals surface area contributed by atoms with Crippen LogP contribution in [0.4, 0.5) is 0 Å². The fourth-order valence-corrected chi connectivity index (χ4v) is 5.36. The number of carboxylic acid groups (broad SMARTS) is 1. The largest absolute Gasteiger partial charge is 0.480 e. The van der Waals surface area contributed by atoms with Crippen molar-refractivity contribution in [2.75, 3.05) is 5.75 Å². The molecule has 0 aliphatic rings. The summed E-state index contributed by atoms with van der Waals surface area (Å²) >= 11 is 0. The summed E-state index contributed by atoms with van der Waals surface area (Å²) in [7, 11) is -3.65. The Kier molecular flexibility index (Phi) is 16.7. The lowest BCUT2D eigenvalue weighted by atomic mass is 10.0. The third kappa shape index (κ3) is 11.9. The van der Waals surface area contributed by atoms with Gasteiger partial charge in [-0.15, -0.1) is 0 Å². The smallest absolute Gasteiger partial charge is 0.325 e. The van der Waals surface area contributed by atoms with E-state index in [1.54, 1.807) is 13.8 Å². The first kappa shape index (κ1) is 29.1. The Morgan fingerprint density at radius 2 is 1.13 bits per heavy atom. The molecule has 31 heavy (non-hydrogen) atoms. The lowest BCUT2D eigenvalue weighted by Gasteiger charge is -2.26. The van der Waals surface area contributed by atoms with Gasteiger partial charge in [0.2, 0.25) is 0 Å². The van der Waals surface area contributed by atoms with E-state index >= 15 is 0 Å². The Morgan fingerprint density at radius 1 is 0.710 bits per heavy atom. The zero-order valence-corrected chi connectivity index (χ0v) is 20.4. The van der Waals surface area contributed by atoms with Gasteiger partial charge in [0.1, 0.15) is 0 Å². The molecule has 0 amide bonds. The number of sulfone groups is 1. The molecule has 0 heterocycles. The van der Waals surface area contributed by atoms with Gasteiger partial charge in [-0.2, -0.15) is 0 Å². The summed E-state index contributed by atoms with van der Waals surface area (Å²) in [5.74, 6) is -1.29. The second-order valence-electron chi connectivity index (χ2n) is 7.53. The molecule has 0 fully saturated rings. The predicted octanol–water partition coefficient (Wildman–Crippen LogP) is 6.97. The van der Waals surface area contributed by atoms with Gasteiger partial charge < -0.3 is 5.11 Å². The molecule has 0 saturated carbocycles. The third-order valence-electron chi connectivity index (χ3n) is 5.32. The number of allylic oxidation sites excluding steroid dienone is 10. The van der Waals surface area contributed by atoms with Gasteiger partial charge in [0.25, 0.3) is 0 Å². The van der Waals surface area contributed by atoms with E-state index in [1.807, 2.05) is 0 Å². The van der Waals surface area contributed by atoms with Crippen LogP contribution in [-0.2, 0) is 14.6 Å². The molecule has 1 N–H and O–H groups in total. The molecule has 0 aromatic heterocycles. The standard InChI is InChI=1S/C26H42O4S/c1-4-7-8-9-10-11-12-13-14-15-16-17-18-19-20-21-22-23-24-31(29,30)26(5-2,6-3)25(27)28/h7-8,10-11,13-14,16-17,19-20H,4-6,9,12,15,18,21-24H2,1-3H3,(H,27,28). The molecular formula is C26H42O4S. The van der Waals surface area contributed by atoms with Gasteiger partial charge in [-0.25, -0.2) is 8.42 Å². The van der Waals surface area contributed by atoms with Crippen LogP contribution in [0.1, 0.15) is 85.0 Å². The lowest BCUT2D eigenvalue weighted by molar-refractivity contribution is -0.140. The number of carboxylic acids is 1. The summed E-state index contributed by atoms with van der Waals surface area (Å²) in [4.78, 5) is 11.5. The van der Waals surface area contributed by atoms with Crippen molar-refractivity contribution in [3.05, 3.63) is 60.8 Å². The fourth-order valence-electron chi connectivity index (χ4n) is 3.24. The van der Waals surface area contributed by atoms with Gasteiger partial charge in [-0.1, -0.05) is 81.5 Å². The van der Waals surface area contributed by atoms with Crippen LogP contribution in [-0.4, -0.2) is 30.0 Å². The van der Waals surface area contributed by atoms with Crippen LogP contribution in [0.2, 0.25) is 0 Å². The second-order valence-corrected chi connectivity index (χ2v) is 9.95. The molecular weight excluding hydrogens is 408 g/mol. The highest BCUT2D eigenvalue weighted by atomic mass is 32.2. The van der Waals surface area contributed by atoms with E-state index in [4.69, 9.17) is 0 Å². The van der Waals surface area contributed by atoms with Crippen LogP contribution in [0, 0.1) is 0 Å². The first-order chi connectivity index (χ1) is 14.9. The maximum atomic E-state index is 12.5. The van der Waals surface area contributed by atoms with E-state index in [1.165, 1.54) is 0 Å². The minimum Gasteiger partial charge on any atom is -0.480 e. The number of carbonyl (C=O) groups is 1. The van der Waals surface area contributed by atoms with Crippen molar-refractivity contribution >= 4 is 15.8 Å². The molecule has 4 nitrogen and oxygen atoms in total. The Balaban J connectivity index is 3.98. The topological polar surface area (TPSA) is 71.4 Å². The first-order valence-electron chi connectivity index (χ1n) is 11.6. The van der Waals surface area contributed by atoms with Crippen molar-refractivity contribution in [1.29, 1.82) is 0 Å². The van der Waals surface area contributed by atoms with Crippen molar-refractivity contribution in [2.45, 2.75) is 89.7 Å². The Hall–Kier alpha value is -1.88.